The molecule has 0 fully saturated rings. The van der Waals surface area contributed by atoms with Crippen molar-refractivity contribution in [1.29, 1.82) is 0 Å². The highest BCUT2D eigenvalue weighted by molar-refractivity contribution is 7.90. The van der Waals surface area contributed by atoms with Crippen molar-refractivity contribution in [3.63, 3.8) is 0 Å². The average molecular weight is 682 g/mol. The Hall–Kier alpha value is -4.09. The van der Waals surface area contributed by atoms with Gasteiger partial charge in [-0.05, 0) is 69.0 Å². The van der Waals surface area contributed by atoms with E-state index in [2.05, 4.69) is 19.2 Å². The number of amides is 1. The van der Waals surface area contributed by atoms with Crippen LogP contribution in [0.2, 0.25) is 5.02 Å². The van der Waals surface area contributed by atoms with Crippen molar-refractivity contribution in [2.75, 3.05) is 11.9 Å². The van der Waals surface area contributed by atoms with Crippen LogP contribution in [0.5, 0.6) is 0 Å². The predicted molar refractivity (Wildman–Crippen MR) is 187 cm³/mol. The molecule has 4 aromatic rings. The Balaban J connectivity index is 1.62. The molecule has 1 amide bonds. The van der Waals surface area contributed by atoms with Gasteiger partial charge in [0.2, 0.25) is 0 Å². The molecule has 1 aromatic heterocycles. The number of halogens is 1. The lowest BCUT2D eigenvalue weighted by Gasteiger charge is -2.20. The maximum absolute atomic E-state index is 13.8. The van der Waals surface area contributed by atoms with Crippen LogP contribution in [0, 0.1) is 0 Å². The average Bonchev–Trinajstić information content (AvgIpc) is 3.32. The zero-order valence-electron chi connectivity index (χ0n) is 27.7. The molecule has 47 heavy (non-hydrogen) atoms. The molecule has 1 heterocycles. The van der Waals surface area contributed by atoms with E-state index < -0.39 is 21.7 Å². The summed E-state index contributed by atoms with van der Waals surface area (Å²) in [7, 11) is -4.22. The van der Waals surface area contributed by atoms with E-state index >= 15 is 0 Å². The number of hydrogen-bond acceptors (Lipinski definition) is 7. The lowest BCUT2D eigenvalue weighted by Crippen LogP contribution is -2.36. The quantitative estimate of drug-likeness (QED) is 0.132. The van der Waals surface area contributed by atoms with Gasteiger partial charge in [-0.1, -0.05) is 87.2 Å². The van der Waals surface area contributed by atoms with E-state index in [1.165, 1.54) is 10.7 Å². The SMILES string of the molecule is CCCCCNc1ccc(Cl)c(-n2nc(CCCC)n(Cc3ccc(-c4ccccc4S(=O)(=O)NC(=O)OC(C)(C)C)cc3)c2=O)c1. The van der Waals surface area contributed by atoms with E-state index in [-0.39, 0.29) is 17.1 Å². The number of nitrogens with zero attached hydrogens (tertiary/aromatic N) is 3. The first kappa shape index (κ1) is 35.8. The van der Waals surface area contributed by atoms with Crippen molar-refractivity contribution < 1.29 is 17.9 Å². The third kappa shape index (κ3) is 9.48. The van der Waals surface area contributed by atoms with Crippen molar-refractivity contribution >= 4 is 33.4 Å². The first-order chi connectivity index (χ1) is 22.3. The summed E-state index contributed by atoms with van der Waals surface area (Å²) in [5, 5.41) is 8.55. The van der Waals surface area contributed by atoms with Gasteiger partial charge in [0.1, 0.15) is 11.4 Å². The monoisotopic (exact) mass is 681 g/mol. The number of aromatic nitrogens is 3. The van der Waals surface area contributed by atoms with Gasteiger partial charge >= 0.3 is 11.8 Å². The summed E-state index contributed by atoms with van der Waals surface area (Å²) in [4.78, 5) is 26.0. The number of sulfonamides is 1. The van der Waals surface area contributed by atoms with Crippen LogP contribution in [0.15, 0.2) is 76.4 Å². The molecule has 0 saturated heterocycles. The fourth-order valence-corrected chi connectivity index (χ4v) is 6.34. The minimum Gasteiger partial charge on any atom is -0.443 e. The van der Waals surface area contributed by atoms with Crippen LogP contribution in [-0.2, 0) is 27.7 Å². The van der Waals surface area contributed by atoms with Gasteiger partial charge in [0.25, 0.3) is 10.0 Å². The van der Waals surface area contributed by atoms with Gasteiger partial charge in [-0.2, -0.15) is 4.68 Å². The van der Waals surface area contributed by atoms with E-state index in [4.69, 9.17) is 21.4 Å². The zero-order chi connectivity index (χ0) is 34.2. The van der Waals surface area contributed by atoms with Crippen LogP contribution in [0.1, 0.15) is 78.1 Å². The van der Waals surface area contributed by atoms with Gasteiger partial charge in [0.15, 0.2) is 0 Å². The summed E-state index contributed by atoms with van der Waals surface area (Å²) in [5.74, 6) is 0.656. The molecule has 252 valence electrons. The maximum Gasteiger partial charge on any atom is 0.421 e. The molecule has 0 unspecified atom stereocenters. The minimum atomic E-state index is -4.22. The predicted octanol–water partition coefficient (Wildman–Crippen LogP) is 7.56. The summed E-state index contributed by atoms with van der Waals surface area (Å²) in [6, 6.07) is 19.2. The Morgan fingerprint density at radius 2 is 1.66 bits per heavy atom. The van der Waals surface area contributed by atoms with Crippen molar-refractivity contribution in [2.24, 2.45) is 0 Å². The number of nitrogens with one attached hydrogen (secondary N) is 2. The Morgan fingerprint density at radius 1 is 0.957 bits per heavy atom. The van der Waals surface area contributed by atoms with Crippen molar-refractivity contribution in [1.82, 2.24) is 19.1 Å². The molecule has 12 heteroatoms. The molecular formula is C35H44ClN5O5S. The molecule has 0 aliphatic carbocycles. The Labute approximate surface area is 282 Å². The van der Waals surface area contributed by atoms with Crippen LogP contribution >= 0.6 is 11.6 Å². The van der Waals surface area contributed by atoms with Crippen LogP contribution in [0.3, 0.4) is 0 Å². The lowest BCUT2D eigenvalue weighted by molar-refractivity contribution is 0.0570. The summed E-state index contributed by atoms with van der Waals surface area (Å²) in [6.45, 7) is 10.3. The molecule has 0 bridgehead atoms. The number of carbonyl (C=O) groups excluding carboxylic acids is 1. The number of unbranched alkanes of at least 4 members (excludes halogenated alkanes) is 3. The molecule has 0 saturated carbocycles. The minimum absolute atomic E-state index is 0.0584. The van der Waals surface area contributed by atoms with Gasteiger partial charge in [0.05, 0.1) is 22.2 Å². The van der Waals surface area contributed by atoms with Crippen molar-refractivity contribution in [3.05, 3.63) is 93.6 Å². The molecule has 0 spiro atoms. The number of ether oxygens (including phenoxy) is 1. The van der Waals surface area contributed by atoms with E-state index in [0.717, 1.165) is 49.9 Å². The van der Waals surface area contributed by atoms with Crippen molar-refractivity contribution in [2.45, 2.75) is 90.2 Å². The number of rotatable bonds is 14. The van der Waals surface area contributed by atoms with E-state index in [1.54, 1.807) is 61.7 Å². The molecular weight excluding hydrogens is 638 g/mol. The molecule has 10 nitrogen and oxygen atoms in total. The fraction of sp³-hybridized carbons (Fsp3) is 0.400. The van der Waals surface area contributed by atoms with E-state index in [1.807, 2.05) is 29.0 Å². The Bertz CT molecular complexity index is 1840. The number of aryl methyl sites for hydroxylation is 1. The van der Waals surface area contributed by atoms with Crippen LogP contribution in [0.25, 0.3) is 16.8 Å². The normalized spacial score (nSPS) is 11.8. The highest BCUT2D eigenvalue weighted by Crippen LogP contribution is 2.28. The van der Waals surface area contributed by atoms with E-state index in [0.29, 0.717) is 34.1 Å². The molecule has 2 N–H and O–H groups in total. The largest absolute Gasteiger partial charge is 0.443 e. The number of carbonyl (C=O) groups is 1. The lowest BCUT2D eigenvalue weighted by atomic mass is 10.0. The molecule has 0 aliphatic rings. The molecule has 3 aromatic carbocycles. The van der Waals surface area contributed by atoms with Crippen LogP contribution < -0.4 is 15.7 Å². The Morgan fingerprint density at radius 3 is 2.34 bits per heavy atom. The summed E-state index contributed by atoms with van der Waals surface area (Å²) in [6.07, 6.45) is 4.70. The highest BCUT2D eigenvalue weighted by atomic mass is 35.5. The fourth-order valence-electron chi connectivity index (χ4n) is 5.04. The first-order valence-corrected chi connectivity index (χ1v) is 17.9. The van der Waals surface area contributed by atoms with Crippen molar-refractivity contribution in [3.8, 4) is 16.8 Å². The van der Waals surface area contributed by atoms with Crippen LogP contribution in [-0.4, -0.2) is 41.0 Å². The molecule has 4 rings (SSSR count). The number of hydrogen-bond donors (Lipinski definition) is 2. The molecule has 0 atom stereocenters. The maximum atomic E-state index is 13.8. The second-order valence-electron chi connectivity index (χ2n) is 12.4. The summed E-state index contributed by atoms with van der Waals surface area (Å²) >= 11 is 6.58. The van der Waals surface area contributed by atoms with Gasteiger partial charge in [0, 0.05) is 24.2 Å². The van der Waals surface area contributed by atoms with Gasteiger partial charge in [-0.25, -0.2) is 22.7 Å². The van der Waals surface area contributed by atoms with Crippen LogP contribution in [0.4, 0.5) is 10.5 Å². The van der Waals surface area contributed by atoms with E-state index in [9.17, 15) is 18.0 Å². The standard InChI is InChI=1S/C35H44ClN5O5S/c1-6-8-12-22-37-27-20-21-29(36)30(23-27)41-34(43)40(32(38-41)15-9-7-2)24-25-16-18-26(19-17-25)28-13-10-11-14-31(28)47(44,45)39-33(42)46-35(3,4)5/h10-11,13-14,16-21,23,37H,6-9,12,15,22,24H2,1-5H3,(H,39,42). The number of benzene rings is 3. The topological polar surface area (TPSA) is 124 Å². The Kier molecular flexibility index (Phi) is 11.9. The second kappa shape index (κ2) is 15.7. The summed E-state index contributed by atoms with van der Waals surface area (Å²) < 4.78 is 36.5. The third-order valence-electron chi connectivity index (χ3n) is 7.38. The molecule has 0 aliphatic heterocycles. The van der Waals surface area contributed by atoms with Gasteiger partial charge in [-0.3, -0.25) is 4.57 Å². The highest BCUT2D eigenvalue weighted by Gasteiger charge is 2.25. The van der Waals surface area contributed by atoms with Gasteiger partial charge < -0.3 is 10.1 Å². The van der Waals surface area contributed by atoms with Gasteiger partial charge in [-0.15, -0.1) is 5.10 Å². The third-order valence-corrected chi connectivity index (χ3v) is 9.07. The summed E-state index contributed by atoms with van der Waals surface area (Å²) in [5.41, 5.74) is 2.11. The smallest absolute Gasteiger partial charge is 0.421 e. The second-order valence-corrected chi connectivity index (χ2v) is 14.5. The molecule has 0 radical (unpaired) electrons. The zero-order valence-corrected chi connectivity index (χ0v) is 29.2. The first-order valence-electron chi connectivity index (χ1n) is 16.0. The number of anilines is 1.